The van der Waals surface area contributed by atoms with Crippen LogP contribution in [0.2, 0.25) is 5.02 Å². The van der Waals surface area contributed by atoms with Crippen LogP contribution in [-0.2, 0) is 12.8 Å². The molecule has 0 saturated heterocycles. The number of likely N-dealkylation sites (N-methyl/N-ethyl adjacent to an activating group) is 1. The molecule has 0 atom stereocenters. The molecule has 0 bridgehead atoms. The maximum Gasteiger partial charge on any atom is 0.126 e. The highest BCUT2D eigenvalue weighted by Gasteiger charge is 2.31. The van der Waals surface area contributed by atoms with E-state index in [9.17, 15) is 0 Å². The number of fused-ring (bicyclic) bond motifs is 1. The molecule has 0 saturated carbocycles. The molecule has 0 amide bonds. The lowest BCUT2D eigenvalue weighted by Gasteiger charge is -2.18. The van der Waals surface area contributed by atoms with Gasteiger partial charge in [0.25, 0.3) is 0 Å². The molecule has 0 aromatic heterocycles. The molecule has 1 aromatic carbocycles. The Balaban J connectivity index is 2.33. The van der Waals surface area contributed by atoms with Gasteiger partial charge in [0.05, 0.1) is 0 Å². The first-order valence-corrected chi connectivity index (χ1v) is 6.04. The van der Waals surface area contributed by atoms with E-state index in [2.05, 4.69) is 19.2 Å². The third-order valence-corrected chi connectivity index (χ3v) is 3.06. The molecular formula is C13H18ClNO. The van der Waals surface area contributed by atoms with Crippen molar-refractivity contribution in [2.75, 3.05) is 13.6 Å². The smallest absolute Gasteiger partial charge is 0.126 e. The second-order valence-corrected chi connectivity index (χ2v) is 5.38. The monoisotopic (exact) mass is 239 g/mol. The Morgan fingerprint density at radius 3 is 2.88 bits per heavy atom. The summed E-state index contributed by atoms with van der Waals surface area (Å²) < 4.78 is 5.99. The Hall–Kier alpha value is -0.730. The van der Waals surface area contributed by atoms with Gasteiger partial charge in [-0.25, -0.2) is 0 Å². The average Bonchev–Trinajstić information content (AvgIpc) is 2.48. The molecule has 2 rings (SSSR count). The van der Waals surface area contributed by atoms with Gasteiger partial charge in [-0.2, -0.15) is 0 Å². The summed E-state index contributed by atoms with van der Waals surface area (Å²) in [5, 5.41) is 3.96. The van der Waals surface area contributed by atoms with Crippen LogP contribution in [0.5, 0.6) is 5.75 Å². The highest BCUT2D eigenvalue weighted by Crippen LogP contribution is 2.39. The van der Waals surface area contributed by atoms with E-state index >= 15 is 0 Å². The Morgan fingerprint density at radius 2 is 2.19 bits per heavy atom. The molecule has 0 unspecified atom stereocenters. The zero-order valence-corrected chi connectivity index (χ0v) is 10.8. The summed E-state index contributed by atoms with van der Waals surface area (Å²) >= 11 is 6.12. The number of benzene rings is 1. The van der Waals surface area contributed by atoms with Gasteiger partial charge in [-0.15, -0.1) is 0 Å². The van der Waals surface area contributed by atoms with Gasteiger partial charge >= 0.3 is 0 Å². The van der Waals surface area contributed by atoms with Crippen LogP contribution < -0.4 is 10.1 Å². The fourth-order valence-electron chi connectivity index (χ4n) is 2.19. The maximum absolute atomic E-state index is 6.12. The van der Waals surface area contributed by atoms with Crippen molar-refractivity contribution >= 4 is 11.6 Å². The van der Waals surface area contributed by atoms with E-state index in [1.807, 2.05) is 19.2 Å². The number of halogens is 1. The van der Waals surface area contributed by atoms with Crippen LogP contribution in [0.4, 0.5) is 0 Å². The van der Waals surface area contributed by atoms with Gasteiger partial charge in [0.1, 0.15) is 11.4 Å². The van der Waals surface area contributed by atoms with Gasteiger partial charge in [-0.05, 0) is 57.1 Å². The fraction of sp³-hybridized carbons (Fsp3) is 0.538. The van der Waals surface area contributed by atoms with Crippen LogP contribution in [0, 0.1) is 0 Å². The molecule has 16 heavy (non-hydrogen) atoms. The van der Waals surface area contributed by atoms with Gasteiger partial charge in [0.15, 0.2) is 0 Å². The second kappa shape index (κ2) is 4.27. The molecule has 0 spiro atoms. The summed E-state index contributed by atoms with van der Waals surface area (Å²) in [7, 11) is 1.95. The highest BCUT2D eigenvalue weighted by atomic mass is 35.5. The molecule has 1 heterocycles. The first-order valence-electron chi connectivity index (χ1n) is 5.67. The fourth-order valence-corrected chi connectivity index (χ4v) is 2.45. The molecule has 2 nitrogen and oxygen atoms in total. The molecule has 1 aliphatic heterocycles. The SMILES string of the molecule is CNCCc1cc(Cl)cc2c1OC(C)(C)C2. The third-order valence-electron chi connectivity index (χ3n) is 2.85. The molecule has 0 aliphatic carbocycles. The first-order chi connectivity index (χ1) is 7.52. The number of hydrogen-bond acceptors (Lipinski definition) is 2. The van der Waals surface area contributed by atoms with Crippen LogP contribution in [0.3, 0.4) is 0 Å². The van der Waals surface area contributed by atoms with Crippen molar-refractivity contribution in [2.24, 2.45) is 0 Å². The zero-order valence-electron chi connectivity index (χ0n) is 10.1. The molecule has 1 aromatic rings. The van der Waals surface area contributed by atoms with E-state index in [-0.39, 0.29) is 5.60 Å². The lowest BCUT2D eigenvalue weighted by molar-refractivity contribution is 0.137. The van der Waals surface area contributed by atoms with Crippen molar-refractivity contribution in [3.05, 3.63) is 28.3 Å². The van der Waals surface area contributed by atoms with Crippen molar-refractivity contribution < 1.29 is 4.74 Å². The van der Waals surface area contributed by atoms with Crippen LogP contribution in [0.25, 0.3) is 0 Å². The van der Waals surface area contributed by atoms with Gasteiger partial charge < -0.3 is 10.1 Å². The molecule has 3 heteroatoms. The van der Waals surface area contributed by atoms with Crippen LogP contribution >= 0.6 is 11.6 Å². The zero-order chi connectivity index (χ0) is 11.8. The maximum atomic E-state index is 6.12. The third kappa shape index (κ3) is 2.33. The Kier molecular flexibility index (Phi) is 3.13. The van der Waals surface area contributed by atoms with Crippen LogP contribution in [-0.4, -0.2) is 19.2 Å². The van der Waals surface area contributed by atoms with Gasteiger partial charge in [-0.3, -0.25) is 0 Å². The largest absolute Gasteiger partial charge is 0.487 e. The summed E-state index contributed by atoms with van der Waals surface area (Å²) in [4.78, 5) is 0. The molecule has 1 aliphatic rings. The highest BCUT2D eigenvalue weighted by molar-refractivity contribution is 6.30. The van der Waals surface area contributed by atoms with Crippen molar-refractivity contribution in [2.45, 2.75) is 32.3 Å². The van der Waals surface area contributed by atoms with E-state index in [0.717, 1.165) is 30.2 Å². The lowest BCUT2D eigenvalue weighted by Crippen LogP contribution is -2.25. The van der Waals surface area contributed by atoms with E-state index < -0.39 is 0 Å². The van der Waals surface area contributed by atoms with Crippen molar-refractivity contribution in [1.82, 2.24) is 5.32 Å². The van der Waals surface area contributed by atoms with Crippen LogP contribution in [0.1, 0.15) is 25.0 Å². The van der Waals surface area contributed by atoms with E-state index in [0.29, 0.717) is 0 Å². The Bertz CT molecular complexity index is 401. The minimum atomic E-state index is -0.0958. The summed E-state index contributed by atoms with van der Waals surface area (Å²) in [5.74, 6) is 1.05. The summed E-state index contributed by atoms with van der Waals surface area (Å²) in [5.41, 5.74) is 2.35. The summed E-state index contributed by atoms with van der Waals surface area (Å²) in [6, 6.07) is 4.04. The molecule has 88 valence electrons. The summed E-state index contributed by atoms with van der Waals surface area (Å²) in [6.45, 7) is 5.17. The average molecular weight is 240 g/mol. The molecular weight excluding hydrogens is 222 g/mol. The summed E-state index contributed by atoms with van der Waals surface area (Å²) in [6.07, 6.45) is 1.89. The van der Waals surface area contributed by atoms with Gasteiger partial charge in [-0.1, -0.05) is 11.6 Å². The van der Waals surface area contributed by atoms with Gasteiger partial charge in [0.2, 0.25) is 0 Å². The second-order valence-electron chi connectivity index (χ2n) is 4.95. The van der Waals surface area contributed by atoms with Gasteiger partial charge in [0, 0.05) is 11.4 Å². The number of nitrogens with one attached hydrogen (secondary N) is 1. The first kappa shape index (κ1) is 11.7. The number of hydrogen-bond donors (Lipinski definition) is 1. The number of ether oxygens (including phenoxy) is 1. The van der Waals surface area contributed by atoms with E-state index in [1.165, 1.54) is 11.1 Å². The molecule has 0 radical (unpaired) electrons. The molecule has 1 N–H and O–H groups in total. The van der Waals surface area contributed by atoms with E-state index in [4.69, 9.17) is 16.3 Å². The van der Waals surface area contributed by atoms with Crippen molar-refractivity contribution in [3.8, 4) is 5.75 Å². The lowest BCUT2D eigenvalue weighted by atomic mass is 10.00. The normalized spacial score (nSPS) is 17.0. The Morgan fingerprint density at radius 1 is 1.44 bits per heavy atom. The minimum absolute atomic E-state index is 0.0958. The topological polar surface area (TPSA) is 21.3 Å². The van der Waals surface area contributed by atoms with Crippen molar-refractivity contribution in [1.29, 1.82) is 0 Å². The molecule has 0 fully saturated rings. The minimum Gasteiger partial charge on any atom is -0.487 e. The van der Waals surface area contributed by atoms with Crippen LogP contribution in [0.15, 0.2) is 12.1 Å². The number of rotatable bonds is 3. The van der Waals surface area contributed by atoms with Crippen molar-refractivity contribution in [3.63, 3.8) is 0 Å². The quantitative estimate of drug-likeness (QED) is 0.876. The van der Waals surface area contributed by atoms with E-state index in [1.54, 1.807) is 0 Å². The Labute approximate surface area is 102 Å². The standard InChI is InChI=1S/C13H18ClNO/c1-13(2)8-10-7-11(14)6-9(4-5-15-3)12(10)16-13/h6-7,15H,4-5,8H2,1-3H3. The predicted molar refractivity (Wildman–Crippen MR) is 67.5 cm³/mol. The predicted octanol–water partition coefficient (Wildman–Crippen LogP) is 2.82.